The predicted octanol–water partition coefficient (Wildman–Crippen LogP) is -2.30. The number of aliphatic hydroxyl groups excluding tert-OH is 2. The quantitative estimate of drug-likeness (QED) is 0.0671. The van der Waals surface area contributed by atoms with E-state index in [1.807, 2.05) is 0 Å². The average molecular weight is 583 g/mol. The lowest BCUT2D eigenvalue weighted by atomic mass is 10.2. The van der Waals surface area contributed by atoms with Gasteiger partial charge in [0.2, 0.25) is 5.95 Å². The van der Waals surface area contributed by atoms with Crippen molar-refractivity contribution >= 4 is 43.9 Å². The molecule has 1 unspecified atom stereocenters. The molecule has 2 aromatic heterocycles. The Bertz CT molecular complexity index is 1320. The number of imidazole rings is 1. The van der Waals surface area contributed by atoms with Crippen molar-refractivity contribution in [2.24, 2.45) is 16.5 Å². The van der Waals surface area contributed by atoms with Gasteiger partial charge in [-0.05, 0) is 0 Å². The lowest BCUT2D eigenvalue weighted by molar-refractivity contribution is -0.0531. The third-order valence-corrected chi connectivity index (χ3v) is 8.10. The van der Waals surface area contributed by atoms with Gasteiger partial charge in [0.1, 0.15) is 37.4 Å². The summed E-state index contributed by atoms with van der Waals surface area (Å²) in [4.78, 5) is 39.4. The first-order chi connectivity index (χ1) is 19.0. The molecular weight excluding hydrogens is 552 g/mol. The van der Waals surface area contributed by atoms with E-state index < -0.39 is 68.6 Å². The number of aromatic nitrogens is 4. The monoisotopic (exact) mass is 583 g/mol. The smallest absolute Gasteiger partial charge is 0.413 e. The van der Waals surface area contributed by atoms with Crippen molar-refractivity contribution in [1.29, 1.82) is 0 Å². The molecule has 20 heteroatoms. The minimum atomic E-state index is -3.11. The zero-order valence-corrected chi connectivity index (χ0v) is 22.3. The highest BCUT2D eigenvalue weighted by atomic mass is 31.2. The first-order valence-corrected chi connectivity index (χ1v) is 14.2. The third-order valence-electron chi connectivity index (χ3n) is 6.33. The summed E-state index contributed by atoms with van der Waals surface area (Å²) in [6.07, 6.45) is -2.37. The first kappa shape index (κ1) is 29.8. The number of fused-ring (bicyclic) bond motifs is 1. The summed E-state index contributed by atoms with van der Waals surface area (Å²) in [5.74, 6) is -0.540. The third kappa shape index (κ3) is 6.26. The highest BCUT2D eigenvalue weighted by molar-refractivity contribution is 7.91. The number of aromatic amines is 1. The number of ether oxygens (including phenoxy) is 2. The van der Waals surface area contributed by atoms with E-state index in [4.69, 9.17) is 35.7 Å². The normalized spacial score (nSPS) is 27.8. The van der Waals surface area contributed by atoms with E-state index in [0.717, 1.165) is 12.1 Å². The second kappa shape index (κ2) is 12.2. The summed E-state index contributed by atoms with van der Waals surface area (Å²) in [5, 5.41) is 30.5. The standard InChI is InChI=1S/C20H31BN9O9P/c1-3-29(20(34)28-18(22)23)14-5-10(11(6-31)37-14)39-40(2,21-35)36-7-12-9(32)4-13(38-12)30-8-25-15-16(30)26-19(24)27-17(15)33/h3,8-14,31-32,35H,1,4-7H2,2H3,(H4,22,23,28,34)(H3,24,26,27,33)/q+1/t9-,10-,11-,12-,13-,14-,40?/m1/s1. The SMILES string of the molecule is C=CN(C(=O)N=C(N)N)[C@H]1C[C@@H](O[P+](C)([B]O)OC[C@H]2O[C@@H](n3cnc4c(=O)[nH]c(N)nc43)C[C@H]2O)[C@@H](CO)O1. The van der Waals surface area contributed by atoms with Gasteiger partial charge in [-0.2, -0.15) is 9.98 Å². The number of hydrogen-bond acceptors (Lipinski definition) is 12. The first-order valence-electron chi connectivity index (χ1n) is 12.0. The van der Waals surface area contributed by atoms with Gasteiger partial charge in [-0.25, -0.2) is 18.8 Å². The van der Waals surface area contributed by atoms with Crippen LogP contribution < -0.4 is 22.8 Å². The second-order valence-electron chi connectivity index (χ2n) is 9.13. The molecule has 4 heterocycles. The summed E-state index contributed by atoms with van der Waals surface area (Å²) < 4.78 is 25.1. The Hall–Kier alpha value is -3.16. The van der Waals surface area contributed by atoms with E-state index >= 15 is 0 Å². The summed E-state index contributed by atoms with van der Waals surface area (Å²) in [5.41, 5.74) is 16.0. The number of carbonyl (C=O) groups excluding carboxylic acids is 1. The number of aliphatic imine (C=N–C) groups is 1. The molecule has 18 nitrogen and oxygen atoms in total. The van der Waals surface area contributed by atoms with Gasteiger partial charge in [-0.3, -0.25) is 19.2 Å². The van der Waals surface area contributed by atoms with E-state index in [1.165, 1.54) is 23.8 Å². The minimum Gasteiger partial charge on any atom is -0.413 e. The summed E-state index contributed by atoms with van der Waals surface area (Å²) in [6.45, 7) is 4.45. The van der Waals surface area contributed by atoms with Gasteiger partial charge in [0.05, 0.1) is 25.7 Å². The molecule has 2 fully saturated rings. The van der Waals surface area contributed by atoms with Crippen LogP contribution in [0.1, 0.15) is 19.1 Å². The van der Waals surface area contributed by atoms with E-state index in [1.54, 1.807) is 0 Å². The molecule has 7 atom stereocenters. The maximum Gasteiger partial charge on any atom is 0.610 e. The maximum atomic E-state index is 12.3. The van der Waals surface area contributed by atoms with Crippen molar-refractivity contribution in [1.82, 2.24) is 24.4 Å². The molecule has 2 saturated heterocycles. The summed E-state index contributed by atoms with van der Waals surface area (Å²) in [6, 6.07) is -0.824. The maximum absolute atomic E-state index is 12.3. The van der Waals surface area contributed by atoms with Crippen molar-refractivity contribution in [3.05, 3.63) is 29.5 Å². The molecule has 2 aromatic rings. The molecule has 0 spiro atoms. The molecule has 0 saturated carbocycles. The number of aliphatic hydroxyl groups is 2. The van der Waals surface area contributed by atoms with Crippen LogP contribution in [0.15, 0.2) is 28.9 Å². The topological polar surface area (TPSA) is 272 Å². The van der Waals surface area contributed by atoms with Gasteiger partial charge in [0, 0.05) is 19.0 Å². The van der Waals surface area contributed by atoms with Crippen LogP contribution in [0.25, 0.3) is 11.2 Å². The molecule has 40 heavy (non-hydrogen) atoms. The fraction of sp³-hybridized carbons (Fsp3) is 0.550. The molecule has 0 aliphatic carbocycles. The van der Waals surface area contributed by atoms with Crippen LogP contribution in [0.4, 0.5) is 10.7 Å². The number of rotatable bonds is 10. The number of nitrogens with zero attached hydrogens (tertiary/aromatic N) is 5. The Morgan fingerprint density at radius 2 is 2.17 bits per heavy atom. The van der Waals surface area contributed by atoms with E-state index in [2.05, 4.69) is 26.5 Å². The highest BCUT2D eigenvalue weighted by Gasteiger charge is 2.50. The number of nitrogen functional groups attached to an aromatic ring is 1. The zero-order chi connectivity index (χ0) is 29.2. The van der Waals surface area contributed by atoms with Crippen molar-refractivity contribution in [3.8, 4) is 0 Å². The molecule has 4 rings (SSSR count). The van der Waals surface area contributed by atoms with Crippen LogP contribution in [0.3, 0.4) is 0 Å². The number of hydrogen-bond donors (Lipinski definition) is 7. The molecular formula is C20H31BN9O9P+. The van der Waals surface area contributed by atoms with Gasteiger partial charge in [0.25, 0.3) is 13.2 Å². The van der Waals surface area contributed by atoms with Crippen molar-refractivity contribution in [2.45, 2.75) is 49.7 Å². The van der Waals surface area contributed by atoms with Crippen LogP contribution in [0, 0.1) is 0 Å². The van der Waals surface area contributed by atoms with Gasteiger partial charge >= 0.3 is 13.2 Å². The lowest BCUT2D eigenvalue weighted by Gasteiger charge is -2.24. The Labute approximate surface area is 228 Å². The fourth-order valence-electron chi connectivity index (χ4n) is 4.40. The Morgan fingerprint density at radius 1 is 1.43 bits per heavy atom. The molecule has 10 N–H and O–H groups in total. The molecule has 217 valence electrons. The van der Waals surface area contributed by atoms with Crippen LogP contribution in [0.5, 0.6) is 0 Å². The molecule has 1 radical (unpaired) electrons. The molecule has 2 aliphatic rings. The predicted molar refractivity (Wildman–Crippen MR) is 142 cm³/mol. The van der Waals surface area contributed by atoms with Gasteiger partial charge in [-0.1, -0.05) is 6.58 Å². The molecule has 0 aromatic carbocycles. The number of H-pyrrole nitrogens is 1. The van der Waals surface area contributed by atoms with Gasteiger partial charge in [0.15, 0.2) is 17.1 Å². The van der Waals surface area contributed by atoms with Gasteiger partial charge < -0.3 is 41.9 Å². The Balaban J connectivity index is 1.40. The largest absolute Gasteiger partial charge is 0.610 e. The van der Waals surface area contributed by atoms with Gasteiger partial charge in [-0.15, -0.1) is 0 Å². The average Bonchev–Trinajstić information content (AvgIpc) is 3.59. The number of amides is 2. The molecule has 2 amide bonds. The zero-order valence-electron chi connectivity index (χ0n) is 21.4. The number of carbonyl (C=O) groups is 1. The number of urea groups is 1. The van der Waals surface area contributed by atoms with Crippen LogP contribution in [-0.2, 0) is 18.5 Å². The van der Waals surface area contributed by atoms with Crippen LogP contribution >= 0.6 is 7.59 Å². The minimum absolute atomic E-state index is 0.0688. The second-order valence-corrected chi connectivity index (χ2v) is 11.6. The Kier molecular flexibility index (Phi) is 9.06. The lowest BCUT2D eigenvalue weighted by Crippen LogP contribution is -2.36. The number of guanidine groups is 1. The fourth-order valence-corrected chi connectivity index (χ4v) is 5.79. The van der Waals surface area contributed by atoms with Crippen LogP contribution in [0.2, 0.25) is 0 Å². The van der Waals surface area contributed by atoms with Crippen molar-refractivity contribution in [3.63, 3.8) is 0 Å². The van der Waals surface area contributed by atoms with Crippen molar-refractivity contribution < 1.29 is 38.6 Å². The van der Waals surface area contributed by atoms with Crippen molar-refractivity contribution in [2.75, 3.05) is 25.6 Å². The van der Waals surface area contributed by atoms with E-state index in [-0.39, 0.29) is 36.6 Å². The summed E-state index contributed by atoms with van der Waals surface area (Å²) >= 11 is 0. The molecule has 0 bridgehead atoms. The Morgan fingerprint density at radius 3 is 2.83 bits per heavy atom. The number of anilines is 1. The van der Waals surface area contributed by atoms with E-state index in [9.17, 15) is 24.8 Å². The number of nitrogens with one attached hydrogen (secondary N) is 1. The number of nitrogens with two attached hydrogens (primary N) is 3. The highest BCUT2D eigenvalue weighted by Crippen LogP contribution is 2.58. The van der Waals surface area contributed by atoms with Crippen LogP contribution in [-0.4, -0.2) is 109 Å². The molecule has 2 aliphatic heterocycles. The van der Waals surface area contributed by atoms with E-state index in [0.29, 0.717) is 0 Å². The summed E-state index contributed by atoms with van der Waals surface area (Å²) in [7, 11) is -2.34.